The van der Waals surface area contributed by atoms with Crippen molar-refractivity contribution in [3.63, 3.8) is 0 Å². The van der Waals surface area contributed by atoms with Crippen molar-refractivity contribution in [3.05, 3.63) is 182 Å². The second kappa shape index (κ2) is 43.0. The van der Waals surface area contributed by atoms with Gasteiger partial charge in [0.05, 0.1) is 47.9 Å². The fraction of sp³-hybridized carbons (Fsp3) is 0.422. The number of aliphatic hydroxyl groups excluding tert-OH is 6. The van der Waals surface area contributed by atoms with E-state index in [-0.39, 0.29) is 43.2 Å². The molecule has 0 saturated carbocycles. The van der Waals surface area contributed by atoms with E-state index in [1.807, 2.05) is 24.3 Å². The average molecular weight is 1840 g/mol. The van der Waals surface area contributed by atoms with Crippen molar-refractivity contribution in [2.75, 3.05) is 19.8 Å². The summed E-state index contributed by atoms with van der Waals surface area (Å²) in [6.45, 7) is 7.83. The number of benzene rings is 7. The number of unbranched alkanes of at least 4 members (excludes halogenated alkanes) is 5. The van der Waals surface area contributed by atoms with Gasteiger partial charge >= 0.3 is 12.1 Å². The number of aliphatic hydroxyl groups is 6. The number of nitrogens with one attached hydrogen (secondary N) is 9. The van der Waals surface area contributed by atoms with Gasteiger partial charge in [-0.3, -0.25) is 38.4 Å². The highest BCUT2D eigenvalue weighted by atomic mass is 35.5. The Morgan fingerprint density at radius 3 is 1.95 bits per heavy atom. The number of fused-ring (bicyclic) bond motifs is 15. The summed E-state index contributed by atoms with van der Waals surface area (Å²) in [5.41, 5.74) is 2.46. The van der Waals surface area contributed by atoms with Gasteiger partial charge in [-0.15, -0.1) is 0 Å². The highest BCUT2D eigenvalue weighted by Gasteiger charge is 2.53. The van der Waals surface area contributed by atoms with Crippen molar-refractivity contribution >= 4 is 82.5 Å². The number of alkyl carbamates (subject to hydrolysis) is 1. The van der Waals surface area contributed by atoms with Gasteiger partial charge < -0.3 is 143 Å². The number of primary amides is 1. The monoisotopic (exact) mass is 1840 g/mol. The normalized spacial score (nSPS) is 25.3. The molecule has 0 radical (unpaired) electrons. The van der Waals surface area contributed by atoms with Crippen LogP contribution in [0.1, 0.15) is 162 Å². The Morgan fingerprint density at radius 2 is 1.30 bits per heavy atom. The molecule has 18 atom stereocenters. The maximum atomic E-state index is 16.3. The molecular weight excluding hydrogens is 1740 g/mol. The van der Waals surface area contributed by atoms with Gasteiger partial charge in [-0.05, 0) is 133 Å². The SMILES string of the molecule is CCCCCCCCOc1ccc(CNCC(=O)N[C@@]2(C)C[C@H](OC3C(Oc4c5cc6cc4Oc4ccc(cc4Cl)[C@@H](O)[C@@H](NC(=O)[C@H](CC(C)C)NC(=O)OCc4ccccc4)C(=O)N[C@@H](CC(N)=O)C(=O)N[C@H]6C(=O)N[C@H]4C(=O)NC(C(=O)N[C@H](C(=O)O)c6cc(O)cc(O)c6-c6cc4ccc6O)[C@H](O)c4ccc(c(Cl)c4)O5)O[C@H](CO)[C@@H](O)[C@@H]3O)O[C@@H](C)[C@H]2O)cc1. The number of carboxylic acid groups (broad SMARTS) is 1. The van der Waals surface area contributed by atoms with E-state index < -0.39 is 272 Å². The second-order valence-corrected chi connectivity index (χ2v) is 33.8. The first kappa shape index (κ1) is 96.9. The molecule has 3 unspecified atom stereocenters. The fourth-order valence-electron chi connectivity index (χ4n) is 15.8. The molecule has 7 aliphatic heterocycles. The van der Waals surface area contributed by atoms with E-state index in [0.717, 1.165) is 110 Å². The van der Waals surface area contributed by atoms with Crippen LogP contribution in [0.15, 0.2) is 133 Å². The van der Waals surface area contributed by atoms with Crippen molar-refractivity contribution in [3.8, 4) is 62.9 Å². The third kappa shape index (κ3) is 23.5. The predicted octanol–water partition coefficient (Wildman–Crippen LogP) is 5.50. The lowest BCUT2D eigenvalue weighted by atomic mass is 9.85. The summed E-state index contributed by atoms with van der Waals surface area (Å²) in [5, 5.41) is 139. The zero-order valence-electron chi connectivity index (χ0n) is 71.1. The van der Waals surface area contributed by atoms with Crippen molar-refractivity contribution in [2.24, 2.45) is 11.7 Å². The Kier molecular flexibility index (Phi) is 32.1. The van der Waals surface area contributed by atoms with Gasteiger partial charge in [0.25, 0.3) is 0 Å². The number of hydrogen-bond donors (Lipinski definition) is 20. The molecule has 130 heavy (non-hydrogen) atoms. The number of carboxylic acids is 1. The predicted molar refractivity (Wildman–Crippen MR) is 461 cm³/mol. The highest BCUT2D eigenvalue weighted by Crippen LogP contribution is 2.50. The molecule has 11 bridgehead atoms. The highest BCUT2D eigenvalue weighted by molar-refractivity contribution is 6.32. The van der Waals surface area contributed by atoms with Crippen molar-refractivity contribution in [1.82, 2.24) is 47.9 Å². The molecule has 21 N–H and O–H groups in total. The Morgan fingerprint density at radius 1 is 0.662 bits per heavy atom. The molecule has 9 amide bonds. The molecular formula is C90H104Cl2N10O28. The van der Waals surface area contributed by atoms with Gasteiger partial charge in [0, 0.05) is 35.7 Å². The van der Waals surface area contributed by atoms with Crippen LogP contribution in [0.3, 0.4) is 0 Å². The van der Waals surface area contributed by atoms with Crippen LogP contribution in [-0.4, -0.2) is 209 Å². The number of carbonyl (C=O) groups excluding carboxylic acids is 9. The summed E-state index contributed by atoms with van der Waals surface area (Å²) in [6, 6.07) is 13.7. The van der Waals surface area contributed by atoms with Crippen LogP contribution in [0.5, 0.6) is 51.7 Å². The number of ether oxygens (including phenoxy) is 8. The van der Waals surface area contributed by atoms with E-state index in [2.05, 4.69) is 54.8 Å². The number of aliphatic carboxylic acids is 1. The van der Waals surface area contributed by atoms with Gasteiger partial charge in [0.2, 0.25) is 59.3 Å². The minimum absolute atomic E-state index is 0.121. The standard InChI is InChI=1S/C90H104Cl2N10O28/c1-6-7-8-9-10-14-27-123-51-22-17-44(18-23-51)38-94-39-66(108)102-90(5)37-67(125-43(4)80(90)113)129-79-77(112)76(111)64(40-103)128-88(79)130-78-62-32-49-33-63(78)127-61-26-21-48(31-55(61)92)75(110)73-86(119)99-71(87(120)121)53-34-50(104)35-59(106)68(53)52-29-46(19-24-58(52)105)69(83(116)101-73)98-84(117)70(49)97-82(115)57(36-65(93)107)95-85(118)72(74(109)47-20-25-60(126-62)54(91)30-47)100-81(114)56(28-42(2)3)96-89(122)124-41-45-15-12-11-13-16-45/h11-13,15-26,29-35,42-43,56-57,64,67,69-77,79-80,88,94,103-106,109-113H,6-10,14,27-28,36-41H2,1-5H3,(H2,93,107)(H,95,118)(H,96,122)(H,97,115)(H,98,117)(H,99,119)(H,100,114)(H,101,116)(H,102,108)(H,120,121)/t43-,56-,57-,64+,67-,69+,70+,71-,72+,73?,74+,75+,76+,77-,79?,80+,88?,90-/m0/s1. The number of rotatable bonds is 28. The molecule has 0 spiro atoms. The first-order valence-electron chi connectivity index (χ1n) is 42.2. The summed E-state index contributed by atoms with van der Waals surface area (Å²) >= 11 is 14.4. The third-order valence-electron chi connectivity index (χ3n) is 22.6. The van der Waals surface area contributed by atoms with Crippen LogP contribution in [0.2, 0.25) is 10.0 Å². The quantitative estimate of drug-likeness (QED) is 0.0269. The smallest absolute Gasteiger partial charge is 0.408 e. The van der Waals surface area contributed by atoms with E-state index in [1.54, 1.807) is 44.2 Å². The Labute approximate surface area is 755 Å². The number of hydrogen-bond acceptors (Lipinski definition) is 28. The Balaban J connectivity index is 0.977. The molecule has 40 heteroatoms. The fourth-order valence-corrected chi connectivity index (χ4v) is 16.3. The summed E-state index contributed by atoms with van der Waals surface area (Å²) in [7, 11) is 0. The minimum atomic E-state index is -2.44. The second-order valence-electron chi connectivity index (χ2n) is 33.0. The summed E-state index contributed by atoms with van der Waals surface area (Å²) in [5.74, 6) is -17.3. The number of phenols is 3. The topological polar surface area (TPSA) is 581 Å². The van der Waals surface area contributed by atoms with Crippen LogP contribution in [-0.2, 0) is 75.2 Å². The number of aromatic hydroxyl groups is 3. The van der Waals surface area contributed by atoms with Gasteiger partial charge in [0.15, 0.2) is 29.9 Å². The third-order valence-corrected chi connectivity index (χ3v) is 23.2. The average Bonchev–Trinajstić information content (AvgIpc) is 0.756. The number of carbonyl (C=O) groups is 10. The van der Waals surface area contributed by atoms with E-state index in [4.69, 9.17) is 66.8 Å². The molecule has 7 heterocycles. The Bertz CT molecular complexity index is 5310. The first-order valence-corrected chi connectivity index (χ1v) is 42.9. The van der Waals surface area contributed by atoms with E-state index >= 15 is 24.0 Å². The maximum absolute atomic E-state index is 16.3. The van der Waals surface area contributed by atoms with Crippen LogP contribution in [0, 0.1) is 5.92 Å². The summed E-state index contributed by atoms with van der Waals surface area (Å²) in [4.78, 5) is 147. The molecule has 14 rings (SSSR count). The number of amides is 9. The van der Waals surface area contributed by atoms with Crippen LogP contribution in [0.25, 0.3) is 11.1 Å². The largest absolute Gasteiger partial charge is 0.508 e. The molecule has 0 aromatic heterocycles. The molecule has 7 aromatic carbocycles. The van der Waals surface area contributed by atoms with Crippen LogP contribution in [0.4, 0.5) is 4.79 Å². The zero-order valence-corrected chi connectivity index (χ0v) is 72.7. The van der Waals surface area contributed by atoms with E-state index in [9.17, 15) is 75.0 Å². The zero-order chi connectivity index (χ0) is 93.7. The summed E-state index contributed by atoms with van der Waals surface area (Å²) < 4.78 is 50.7. The van der Waals surface area contributed by atoms with Crippen LogP contribution >= 0.6 is 23.2 Å². The van der Waals surface area contributed by atoms with Crippen molar-refractivity contribution in [1.29, 1.82) is 0 Å². The maximum Gasteiger partial charge on any atom is 0.408 e. The lowest BCUT2D eigenvalue weighted by molar-refractivity contribution is -0.334. The van der Waals surface area contributed by atoms with Gasteiger partial charge in [-0.25, -0.2) is 9.59 Å². The molecule has 2 fully saturated rings. The van der Waals surface area contributed by atoms with E-state index in [0.29, 0.717) is 17.9 Å². The van der Waals surface area contributed by atoms with Gasteiger partial charge in [-0.1, -0.05) is 137 Å². The van der Waals surface area contributed by atoms with Gasteiger partial charge in [0.1, 0.15) is 114 Å². The first-order chi connectivity index (χ1) is 62.0. The van der Waals surface area contributed by atoms with Crippen LogP contribution < -0.4 is 72.5 Å². The lowest BCUT2D eigenvalue weighted by Gasteiger charge is -2.48. The van der Waals surface area contributed by atoms with Crippen molar-refractivity contribution in [2.45, 2.75) is 215 Å². The number of phenolic OH excluding ortho intramolecular Hbond substituents is 3. The van der Waals surface area contributed by atoms with Crippen molar-refractivity contribution < 1.29 is 137 Å². The van der Waals surface area contributed by atoms with Gasteiger partial charge in [-0.2, -0.15) is 0 Å². The minimum Gasteiger partial charge on any atom is -0.508 e. The molecule has 7 aromatic rings. The van der Waals surface area contributed by atoms with E-state index in [1.165, 1.54) is 26.7 Å². The molecule has 2 saturated heterocycles. The number of nitrogens with two attached hydrogens (primary N) is 1. The lowest BCUT2D eigenvalue weighted by Crippen LogP contribution is -2.66. The molecule has 696 valence electrons. The molecule has 7 aliphatic rings. The molecule has 38 nitrogen and oxygen atoms in total. The molecule has 0 aliphatic carbocycles. The summed E-state index contributed by atoms with van der Waals surface area (Å²) in [6.07, 6.45) is -14.9. The number of halogens is 2. The Hall–Kier alpha value is -12.2.